The third-order valence-corrected chi connectivity index (χ3v) is 6.27. The molecule has 4 aromatic rings. The number of carbonyl (C=O) groups is 2. The zero-order chi connectivity index (χ0) is 28.8. The average molecular weight is 559 g/mol. The number of ether oxygens (including phenoxy) is 5. The fourth-order valence-electron chi connectivity index (χ4n) is 4.29. The normalized spacial score (nSPS) is 15.6. The van der Waals surface area contributed by atoms with E-state index in [0.717, 1.165) is 17.2 Å². The van der Waals surface area contributed by atoms with Crippen LogP contribution in [0.1, 0.15) is 28.4 Å². The molecule has 1 aliphatic heterocycles. The fourth-order valence-corrected chi connectivity index (χ4v) is 4.29. The third kappa shape index (κ3) is 6.87. The zero-order valence-electron chi connectivity index (χ0n) is 21.6. The van der Waals surface area contributed by atoms with Crippen molar-refractivity contribution in [3.8, 4) is 28.7 Å². The molecule has 5 rings (SSSR count). The molecule has 1 heterocycles. The molecule has 0 radical (unpaired) electrons. The highest BCUT2D eigenvalue weighted by molar-refractivity contribution is 5.69. The summed E-state index contributed by atoms with van der Waals surface area (Å²) in [5.74, 6) is -0.547. The number of phenols is 2. The number of carbonyl (C=O) groups excluding carboxylic acids is 2. The first-order valence-electron chi connectivity index (χ1n) is 12.7. The van der Waals surface area contributed by atoms with Crippen LogP contribution in [0.2, 0.25) is 0 Å². The Morgan fingerprint density at radius 3 is 1.95 bits per heavy atom. The molecule has 0 amide bonds. The van der Waals surface area contributed by atoms with Crippen LogP contribution in [-0.2, 0) is 29.1 Å². The molecule has 0 bridgehead atoms. The van der Waals surface area contributed by atoms with Gasteiger partial charge in [-0.1, -0.05) is 66.7 Å². The number of hydrogen-bond donors (Lipinski definition) is 3. The third-order valence-electron chi connectivity index (χ3n) is 6.27. The van der Waals surface area contributed by atoms with Crippen LogP contribution < -0.4 is 14.2 Å². The summed E-state index contributed by atoms with van der Waals surface area (Å²) < 4.78 is 27.0. The van der Waals surface area contributed by atoms with Crippen LogP contribution in [0.5, 0.6) is 28.7 Å². The van der Waals surface area contributed by atoms with Gasteiger partial charge in [0.05, 0.1) is 6.10 Å². The molecular weight excluding hydrogens is 532 g/mol. The summed E-state index contributed by atoms with van der Waals surface area (Å²) >= 11 is 0. The van der Waals surface area contributed by atoms with Gasteiger partial charge in [0.2, 0.25) is 0 Å². The standard InChI is InChI=1S/C31H26O10/c32-22-14-24(33)23-16-25(34)29(39-27(23)15-22)21-11-12-26(40-30(35)37-17-19-7-3-1-4-8-19)28(13-21)41-31(36)38-18-20-9-5-2-6-10-20/h1-15,25,29,32-34H,16-18H2/t25-,29-/m1/s1. The highest BCUT2D eigenvalue weighted by atomic mass is 16.7. The molecule has 1 aliphatic rings. The average Bonchev–Trinajstić information content (AvgIpc) is 2.97. The highest BCUT2D eigenvalue weighted by Crippen LogP contribution is 2.43. The molecule has 10 heteroatoms. The Hall–Kier alpha value is -5.22. The minimum Gasteiger partial charge on any atom is -0.508 e. The SMILES string of the molecule is O=C(OCc1ccccc1)Oc1ccc([C@H]2Oc3cc(O)cc(O)c3C[C@H]2O)cc1OC(=O)OCc1ccccc1. The minimum absolute atomic E-state index is 0.0332. The second kappa shape index (κ2) is 12.3. The maximum Gasteiger partial charge on any atom is 0.514 e. The van der Waals surface area contributed by atoms with Crippen LogP contribution in [0.4, 0.5) is 9.59 Å². The maximum absolute atomic E-state index is 12.6. The summed E-state index contributed by atoms with van der Waals surface area (Å²) in [6.07, 6.45) is -4.12. The van der Waals surface area contributed by atoms with Crippen molar-refractivity contribution in [1.82, 2.24) is 0 Å². The van der Waals surface area contributed by atoms with Crippen molar-refractivity contribution in [2.75, 3.05) is 0 Å². The van der Waals surface area contributed by atoms with Crippen LogP contribution in [0, 0.1) is 0 Å². The molecule has 41 heavy (non-hydrogen) atoms. The van der Waals surface area contributed by atoms with Crippen molar-refractivity contribution in [2.45, 2.75) is 31.8 Å². The van der Waals surface area contributed by atoms with Gasteiger partial charge in [0.25, 0.3) is 0 Å². The molecule has 3 N–H and O–H groups in total. The lowest BCUT2D eigenvalue weighted by Crippen LogP contribution is -2.30. The topological polar surface area (TPSA) is 141 Å². The van der Waals surface area contributed by atoms with Gasteiger partial charge in [-0.05, 0) is 28.8 Å². The van der Waals surface area contributed by atoms with Crippen LogP contribution in [0.15, 0.2) is 91.0 Å². The predicted octanol–water partition coefficient (Wildman–Crippen LogP) is 5.57. The van der Waals surface area contributed by atoms with Crippen molar-refractivity contribution in [1.29, 1.82) is 0 Å². The van der Waals surface area contributed by atoms with Gasteiger partial charge in [0, 0.05) is 24.1 Å². The lowest BCUT2D eigenvalue weighted by molar-refractivity contribution is 0.0196. The van der Waals surface area contributed by atoms with E-state index in [-0.39, 0.29) is 48.4 Å². The molecule has 2 atom stereocenters. The number of fused-ring (bicyclic) bond motifs is 1. The summed E-state index contributed by atoms with van der Waals surface area (Å²) in [5.41, 5.74) is 2.19. The van der Waals surface area contributed by atoms with Crippen LogP contribution in [0.3, 0.4) is 0 Å². The van der Waals surface area contributed by atoms with E-state index in [1.807, 2.05) is 12.1 Å². The molecular formula is C31H26O10. The smallest absolute Gasteiger partial charge is 0.508 e. The van der Waals surface area contributed by atoms with Crippen molar-refractivity contribution >= 4 is 12.3 Å². The highest BCUT2D eigenvalue weighted by Gasteiger charge is 2.33. The first-order chi connectivity index (χ1) is 19.9. The summed E-state index contributed by atoms with van der Waals surface area (Å²) in [6, 6.07) is 24.7. The predicted molar refractivity (Wildman–Crippen MR) is 144 cm³/mol. The molecule has 0 saturated heterocycles. The van der Waals surface area contributed by atoms with Crippen molar-refractivity contribution in [3.63, 3.8) is 0 Å². The van der Waals surface area contributed by atoms with E-state index >= 15 is 0 Å². The summed E-state index contributed by atoms with van der Waals surface area (Å²) in [5, 5.41) is 30.8. The molecule has 0 fully saturated rings. The first-order valence-corrected chi connectivity index (χ1v) is 12.7. The number of benzene rings is 4. The number of aromatic hydroxyl groups is 2. The largest absolute Gasteiger partial charge is 0.514 e. The summed E-state index contributed by atoms with van der Waals surface area (Å²) in [6.45, 7) is -0.0861. The quantitative estimate of drug-likeness (QED) is 0.195. The second-order valence-electron chi connectivity index (χ2n) is 9.21. The van der Waals surface area contributed by atoms with E-state index in [0.29, 0.717) is 11.1 Å². The number of rotatable bonds is 7. The first kappa shape index (κ1) is 27.4. The lowest BCUT2D eigenvalue weighted by atomic mass is 9.94. The Kier molecular flexibility index (Phi) is 8.21. The zero-order valence-corrected chi connectivity index (χ0v) is 21.6. The van der Waals surface area contributed by atoms with E-state index in [9.17, 15) is 24.9 Å². The monoisotopic (exact) mass is 558 g/mol. The molecule has 0 unspecified atom stereocenters. The molecule has 0 spiro atoms. The van der Waals surface area contributed by atoms with Gasteiger partial charge < -0.3 is 39.0 Å². The van der Waals surface area contributed by atoms with Crippen LogP contribution in [-0.4, -0.2) is 33.7 Å². The van der Waals surface area contributed by atoms with Gasteiger partial charge in [-0.3, -0.25) is 0 Å². The van der Waals surface area contributed by atoms with Crippen molar-refractivity contribution in [3.05, 3.63) is 113 Å². The number of hydrogen-bond acceptors (Lipinski definition) is 10. The maximum atomic E-state index is 12.6. The number of aliphatic hydroxyl groups excluding tert-OH is 1. The second-order valence-corrected chi connectivity index (χ2v) is 9.21. The van der Waals surface area contributed by atoms with Gasteiger partial charge in [0.15, 0.2) is 11.5 Å². The minimum atomic E-state index is -1.10. The van der Waals surface area contributed by atoms with Crippen LogP contribution in [0.25, 0.3) is 0 Å². The molecule has 4 aromatic carbocycles. The van der Waals surface area contributed by atoms with Crippen molar-refractivity contribution in [2.24, 2.45) is 0 Å². The molecule has 10 nitrogen and oxygen atoms in total. The number of aliphatic hydroxyl groups is 1. The summed E-state index contributed by atoms with van der Waals surface area (Å²) in [4.78, 5) is 25.0. The van der Waals surface area contributed by atoms with Gasteiger partial charge >= 0.3 is 12.3 Å². The number of phenolic OH excluding ortho intramolecular Hbond substituents is 2. The Morgan fingerprint density at radius 2 is 1.34 bits per heavy atom. The van der Waals surface area contributed by atoms with E-state index in [4.69, 9.17) is 23.7 Å². The molecule has 0 aromatic heterocycles. The summed E-state index contributed by atoms with van der Waals surface area (Å²) in [7, 11) is 0. The van der Waals surface area contributed by atoms with Gasteiger partial charge in [-0.15, -0.1) is 0 Å². The van der Waals surface area contributed by atoms with E-state index in [2.05, 4.69) is 0 Å². The van der Waals surface area contributed by atoms with Crippen molar-refractivity contribution < 1.29 is 48.6 Å². The van der Waals surface area contributed by atoms with Gasteiger partial charge in [-0.2, -0.15) is 0 Å². The Balaban J connectivity index is 1.36. The van der Waals surface area contributed by atoms with Crippen LogP contribution >= 0.6 is 0 Å². The fraction of sp³-hybridized carbons (Fsp3) is 0.161. The van der Waals surface area contributed by atoms with E-state index < -0.39 is 24.5 Å². The Morgan fingerprint density at radius 1 is 0.756 bits per heavy atom. The Labute approximate surface area is 234 Å². The van der Waals surface area contributed by atoms with Gasteiger partial charge in [0.1, 0.15) is 36.6 Å². The molecule has 0 aliphatic carbocycles. The van der Waals surface area contributed by atoms with E-state index in [1.54, 1.807) is 48.5 Å². The molecule has 0 saturated carbocycles. The lowest BCUT2D eigenvalue weighted by Gasteiger charge is -2.31. The van der Waals surface area contributed by atoms with E-state index in [1.165, 1.54) is 24.3 Å². The van der Waals surface area contributed by atoms with Gasteiger partial charge in [-0.25, -0.2) is 9.59 Å². The Bertz CT molecular complexity index is 1520. The molecule has 210 valence electrons.